The summed E-state index contributed by atoms with van der Waals surface area (Å²) < 4.78 is 13.2. The maximum atomic E-state index is 13.2. The summed E-state index contributed by atoms with van der Waals surface area (Å²) in [7, 11) is 0. The topological polar surface area (TPSA) is 49.4 Å². The molecule has 138 valence electrons. The van der Waals surface area contributed by atoms with Gasteiger partial charge in [0.2, 0.25) is 5.91 Å². The number of carbonyl (C=O) groups excluding carboxylic acids is 2. The van der Waals surface area contributed by atoms with Crippen LogP contribution < -0.4 is 5.32 Å². The van der Waals surface area contributed by atoms with Gasteiger partial charge >= 0.3 is 0 Å². The zero-order chi connectivity index (χ0) is 18.8. The molecule has 2 rings (SSSR count). The van der Waals surface area contributed by atoms with Crippen LogP contribution in [0.1, 0.15) is 51.4 Å². The lowest BCUT2D eigenvalue weighted by Gasteiger charge is -2.31. The summed E-state index contributed by atoms with van der Waals surface area (Å²) >= 11 is 1.64. The highest BCUT2D eigenvalue weighted by Gasteiger charge is 2.42. The maximum absolute atomic E-state index is 13.2. The molecule has 0 saturated carbocycles. The fourth-order valence-corrected chi connectivity index (χ4v) is 4.46. The highest BCUT2D eigenvalue weighted by Crippen LogP contribution is 2.35. The van der Waals surface area contributed by atoms with E-state index < -0.39 is 6.04 Å². The van der Waals surface area contributed by atoms with Crippen LogP contribution in [0.3, 0.4) is 0 Å². The third-order valence-electron chi connectivity index (χ3n) is 3.89. The molecule has 1 fully saturated rings. The Bertz CT molecular complexity index is 625. The smallest absolute Gasteiger partial charge is 0.255 e. The molecule has 0 radical (unpaired) electrons. The van der Waals surface area contributed by atoms with E-state index in [0.29, 0.717) is 17.2 Å². The first-order chi connectivity index (χ1) is 11.6. The highest BCUT2D eigenvalue weighted by molar-refractivity contribution is 8.00. The quantitative estimate of drug-likeness (QED) is 0.884. The van der Waals surface area contributed by atoms with E-state index in [1.54, 1.807) is 16.7 Å². The Kier molecular flexibility index (Phi) is 6.14. The standard InChI is InChI=1S/C19H27FN2O2S/c1-12(2)10-16-22(18(24)13-6-8-14(20)9-7-13)15(11-25-16)17(23)21-19(3,4)5/h6-9,12,15-16H,10-11H2,1-5H3,(H,21,23). The van der Waals surface area contributed by atoms with Crippen molar-refractivity contribution >= 4 is 23.6 Å². The van der Waals surface area contributed by atoms with Crippen molar-refractivity contribution in [3.63, 3.8) is 0 Å². The van der Waals surface area contributed by atoms with Crippen molar-refractivity contribution in [1.82, 2.24) is 10.2 Å². The van der Waals surface area contributed by atoms with Crippen LogP contribution in [0.15, 0.2) is 24.3 Å². The molecule has 0 aromatic heterocycles. The van der Waals surface area contributed by atoms with Crippen LogP contribution in [0.2, 0.25) is 0 Å². The highest BCUT2D eigenvalue weighted by atomic mass is 32.2. The first-order valence-electron chi connectivity index (χ1n) is 8.60. The SMILES string of the molecule is CC(C)CC1SCC(C(=O)NC(C)(C)C)N1C(=O)c1ccc(F)cc1. The predicted octanol–water partition coefficient (Wildman–Crippen LogP) is 3.67. The largest absolute Gasteiger partial charge is 0.350 e. The number of hydrogen-bond donors (Lipinski definition) is 1. The summed E-state index contributed by atoms with van der Waals surface area (Å²) in [6.07, 6.45) is 0.816. The maximum Gasteiger partial charge on any atom is 0.255 e. The van der Waals surface area contributed by atoms with Gasteiger partial charge in [-0.2, -0.15) is 0 Å². The fraction of sp³-hybridized carbons (Fsp3) is 0.579. The Morgan fingerprint density at radius 1 is 1.28 bits per heavy atom. The van der Waals surface area contributed by atoms with Gasteiger partial charge in [0.1, 0.15) is 11.9 Å². The zero-order valence-corrected chi connectivity index (χ0v) is 16.3. The molecule has 2 unspecified atom stereocenters. The summed E-state index contributed by atoms with van der Waals surface area (Å²) in [6, 6.07) is 5.00. The molecular formula is C19H27FN2O2S. The third-order valence-corrected chi connectivity index (χ3v) is 5.20. The van der Waals surface area contributed by atoms with Crippen LogP contribution >= 0.6 is 11.8 Å². The second-order valence-electron chi connectivity index (χ2n) is 7.89. The minimum absolute atomic E-state index is 0.0479. The fourth-order valence-electron chi connectivity index (χ4n) is 2.82. The Balaban J connectivity index is 2.28. The van der Waals surface area contributed by atoms with Gasteiger partial charge in [0.05, 0.1) is 5.37 Å². The van der Waals surface area contributed by atoms with Crippen molar-refractivity contribution in [2.75, 3.05) is 5.75 Å². The molecule has 6 heteroatoms. The molecule has 1 aliphatic rings. The number of rotatable bonds is 4. The second-order valence-corrected chi connectivity index (χ2v) is 9.10. The van der Waals surface area contributed by atoms with Crippen LogP contribution in [-0.2, 0) is 4.79 Å². The molecule has 1 saturated heterocycles. The summed E-state index contributed by atoms with van der Waals surface area (Å²) in [4.78, 5) is 27.4. The molecule has 0 spiro atoms. The van der Waals surface area contributed by atoms with Crippen LogP contribution in [0, 0.1) is 11.7 Å². The molecule has 1 aromatic rings. The molecule has 1 aromatic carbocycles. The van der Waals surface area contributed by atoms with Gasteiger partial charge in [-0.05, 0) is 57.4 Å². The van der Waals surface area contributed by atoms with Crippen LogP contribution in [0.25, 0.3) is 0 Å². The first-order valence-corrected chi connectivity index (χ1v) is 9.65. The third kappa shape index (κ3) is 5.21. The lowest BCUT2D eigenvalue weighted by molar-refractivity contribution is -0.126. The number of nitrogens with zero attached hydrogens (tertiary/aromatic N) is 1. The summed E-state index contributed by atoms with van der Waals surface area (Å²) in [6.45, 7) is 9.97. The Labute approximate surface area is 153 Å². The number of nitrogens with one attached hydrogen (secondary N) is 1. The van der Waals surface area contributed by atoms with Gasteiger partial charge in [0, 0.05) is 16.9 Å². The van der Waals surface area contributed by atoms with Gasteiger partial charge in [0.25, 0.3) is 5.91 Å². The van der Waals surface area contributed by atoms with E-state index in [1.165, 1.54) is 24.3 Å². The Hall–Kier alpha value is -1.56. The molecule has 2 atom stereocenters. The van der Waals surface area contributed by atoms with E-state index in [4.69, 9.17) is 0 Å². The Morgan fingerprint density at radius 2 is 1.88 bits per heavy atom. The summed E-state index contributed by atoms with van der Waals surface area (Å²) in [5, 5.41) is 2.93. The molecular weight excluding hydrogens is 339 g/mol. The van der Waals surface area contributed by atoms with Crippen molar-refractivity contribution in [1.29, 1.82) is 0 Å². The van der Waals surface area contributed by atoms with Gasteiger partial charge in [-0.1, -0.05) is 13.8 Å². The minimum Gasteiger partial charge on any atom is -0.350 e. The molecule has 1 aliphatic heterocycles. The van der Waals surface area contributed by atoms with Gasteiger partial charge in [0.15, 0.2) is 0 Å². The number of amides is 2. The molecule has 2 amide bonds. The summed E-state index contributed by atoms with van der Waals surface area (Å²) in [5.41, 5.74) is 0.0499. The van der Waals surface area contributed by atoms with Crippen molar-refractivity contribution < 1.29 is 14.0 Å². The van der Waals surface area contributed by atoms with Crippen LogP contribution in [0.4, 0.5) is 4.39 Å². The normalized spacial score (nSPS) is 20.8. The monoisotopic (exact) mass is 366 g/mol. The molecule has 0 bridgehead atoms. The zero-order valence-electron chi connectivity index (χ0n) is 15.5. The molecule has 1 heterocycles. The van der Waals surface area contributed by atoms with Gasteiger partial charge in [-0.3, -0.25) is 9.59 Å². The number of halogens is 1. The number of thioether (sulfide) groups is 1. The number of hydrogen-bond acceptors (Lipinski definition) is 3. The lowest BCUT2D eigenvalue weighted by Crippen LogP contribution is -2.54. The van der Waals surface area contributed by atoms with E-state index in [9.17, 15) is 14.0 Å². The van der Waals surface area contributed by atoms with E-state index in [1.807, 2.05) is 20.8 Å². The minimum atomic E-state index is -0.509. The van der Waals surface area contributed by atoms with Crippen molar-refractivity contribution in [3.05, 3.63) is 35.6 Å². The van der Waals surface area contributed by atoms with E-state index in [-0.39, 0.29) is 28.5 Å². The van der Waals surface area contributed by atoms with E-state index >= 15 is 0 Å². The average Bonchev–Trinajstić information content (AvgIpc) is 2.88. The van der Waals surface area contributed by atoms with E-state index in [0.717, 1.165) is 6.42 Å². The molecule has 4 nitrogen and oxygen atoms in total. The summed E-state index contributed by atoms with van der Waals surface area (Å²) in [5.74, 6) is 0.247. The van der Waals surface area contributed by atoms with Gasteiger partial charge in [-0.15, -0.1) is 11.8 Å². The molecule has 25 heavy (non-hydrogen) atoms. The van der Waals surface area contributed by atoms with Crippen molar-refractivity contribution in [2.45, 2.75) is 58.0 Å². The first kappa shape index (κ1) is 19.8. The van der Waals surface area contributed by atoms with Gasteiger partial charge in [-0.25, -0.2) is 4.39 Å². The van der Waals surface area contributed by atoms with Crippen molar-refractivity contribution in [2.24, 2.45) is 5.92 Å². The molecule has 0 aliphatic carbocycles. The number of carbonyl (C=O) groups is 2. The van der Waals surface area contributed by atoms with Crippen LogP contribution in [-0.4, -0.2) is 39.4 Å². The van der Waals surface area contributed by atoms with Gasteiger partial charge < -0.3 is 10.2 Å². The number of benzene rings is 1. The Morgan fingerprint density at radius 3 is 2.40 bits per heavy atom. The van der Waals surface area contributed by atoms with Crippen molar-refractivity contribution in [3.8, 4) is 0 Å². The predicted molar refractivity (Wildman–Crippen MR) is 100.0 cm³/mol. The lowest BCUT2D eigenvalue weighted by atomic mass is 10.1. The van der Waals surface area contributed by atoms with Crippen LogP contribution in [0.5, 0.6) is 0 Å². The average molecular weight is 367 g/mol. The van der Waals surface area contributed by atoms with E-state index in [2.05, 4.69) is 19.2 Å². The second kappa shape index (κ2) is 7.77. The molecule has 1 N–H and O–H groups in total.